The number of aromatic nitrogens is 1. The van der Waals surface area contributed by atoms with Gasteiger partial charge in [-0.1, -0.05) is 40.2 Å². The average Bonchev–Trinajstić information content (AvgIpc) is 2.69. The summed E-state index contributed by atoms with van der Waals surface area (Å²) in [4.78, 5) is 25.5. The van der Waals surface area contributed by atoms with E-state index in [9.17, 15) is 14.9 Å². The minimum atomic E-state index is -0.662. The largest absolute Gasteiger partial charge is 0.462 e. The predicted molar refractivity (Wildman–Crippen MR) is 112 cm³/mol. The fraction of sp³-hybridized carbons (Fsp3) is 0.136. The number of carbonyl (C=O) groups is 1. The van der Waals surface area contributed by atoms with Crippen molar-refractivity contribution in [3.8, 4) is 17.2 Å². The van der Waals surface area contributed by atoms with E-state index in [1.807, 2.05) is 36.4 Å². The summed E-state index contributed by atoms with van der Waals surface area (Å²) >= 11 is 3.51. The second-order valence-electron chi connectivity index (χ2n) is 6.40. The molecule has 0 saturated carbocycles. The zero-order valence-corrected chi connectivity index (χ0v) is 16.8. The molecule has 0 radical (unpaired) electrons. The Morgan fingerprint density at radius 2 is 1.93 bits per heavy atom. The summed E-state index contributed by atoms with van der Waals surface area (Å²) in [5.41, 5.74) is 2.24. The van der Waals surface area contributed by atoms with Gasteiger partial charge in [-0.25, -0.2) is 4.79 Å². The summed E-state index contributed by atoms with van der Waals surface area (Å²) in [5.74, 6) is -0.662. The first kappa shape index (κ1) is 18.2. The molecule has 1 aliphatic heterocycles. The maximum Gasteiger partial charge on any atom is 0.351 e. The van der Waals surface area contributed by atoms with E-state index >= 15 is 0 Å². The van der Waals surface area contributed by atoms with Gasteiger partial charge in [0.05, 0.1) is 12.0 Å². The Labute approximate surface area is 168 Å². The van der Waals surface area contributed by atoms with E-state index in [0.29, 0.717) is 20.6 Å². The van der Waals surface area contributed by atoms with Crippen LogP contribution >= 0.6 is 15.9 Å². The Morgan fingerprint density at radius 3 is 2.61 bits per heavy atom. The van der Waals surface area contributed by atoms with Crippen LogP contribution in [0.25, 0.3) is 38.4 Å². The number of rotatable bonds is 2. The topological polar surface area (TPSA) is 72.1 Å². The molecule has 2 aromatic rings. The highest BCUT2D eigenvalue weighted by Crippen LogP contribution is 2.38. The Kier molecular flexibility index (Phi) is 4.40. The van der Waals surface area contributed by atoms with Gasteiger partial charge in [0.1, 0.15) is 6.07 Å². The average molecular weight is 435 g/mol. The van der Waals surface area contributed by atoms with Gasteiger partial charge < -0.3 is 9.30 Å². The lowest BCUT2D eigenvalue weighted by Gasteiger charge is -2.19. The first-order valence-corrected chi connectivity index (χ1v) is 9.52. The zero-order valence-electron chi connectivity index (χ0n) is 15.2. The third-order valence-corrected chi connectivity index (χ3v) is 5.60. The molecule has 1 aliphatic carbocycles. The molecule has 0 amide bonds. The van der Waals surface area contributed by atoms with E-state index in [1.165, 1.54) is 0 Å². The highest BCUT2D eigenvalue weighted by atomic mass is 79.9. The Bertz CT molecular complexity index is 1400. The monoisotopic (exact) mass is 434 g/mol. The van der Waals surface area contributed by atoms with Gasteiger partial charge in [0.15, 0.2) is 11.0 Å². The first-order valence-electron chi connectivity index (χ1n) is 8.73. The fourth-order valence-corrected chi connectivity index (χ4v) is 4.20. The van der Waals surface area contributed by atoms with Crippen LogP contribution in [-0.4, -0.2) is 17.1 Å². The molecule has 6 heteroatoms. The smallest absolute Gasteiger partial charge is 0.351 e. The molecule has 0 fully saturated rings. The summed E-state index contributed by atoms with van der Waals surface area (Å²) in [6.45, 7) is 1.88. The van der Waals surface area contributed by atoms with Gasteiger partial charge in [0.2, 0.25) is 0 Å². The molecule has 2 aromatic carbocycles. The highest BCUT2D eigenvalue weighted by Gasteiger charge is 2.22. The number of aryl methyl sites for hydroxylation is 1. The summed E-state index contributed by atoms with van der Waals surface area (Å²) < 4.78 is 7.53. The Balaban J connectivity index is 2.35. The lowest BCUT2D eigenvalue weighted by atomic mass is 9.90. The van der Waals surface area contributed by atoms with Gasteiger partial charge in [0.25, 0.3) is 0 Å². The molecule has 0 N–H and O–H groups in total. The van der Waals surface area contributed by atoms with E-state index in [4.69, 9.17) is 4.74 Å². The minimum absolute atomic E-state index is 0.0526. The lowest BCUT2D eigenvalue weighted by Crippen LogP contribution is -2.26. The lowest BCUT2D eigenvalue weighted by molar-refractivity contribution is -0.136. The van der Waals surface area contributed by atoms with E-state index in [1.54, 1.807) is 30.7 Å². The van der Waals surface area contributed by atoms with Gasteiger partial charge >= 0.3 is 5.97 Å². The molecule has 0 spiro atoms. The third-order valence-electron chi connectivity index (χ3n) is 4.94. The molecular formula is C22H15BrN2O3. The number of benzene rings is 3. The molecular weight excluding hydrogens is 420 g/mol. The van der Waals surface area contributed by atoms with Crippen LogP contribution in [0, 0.1) is 11.3 Å². The molecule has 0 unspecified atom stereocenters. The fourth-order valence-electron chi connectivity index (χ4n) is 3.69. The molecule has 1 heterocycles. The molecule has 4 rings (SSSR count). The third kappa shape index (κ3) is 2.51. The van der Waals surface area contributed by atoms with Crippen molar-refractivity contribution in [2.24, 2.45) is 7.05 Å². The van der Waals surface area contributed by atoms with Crippen LogP contribution < -0.4 is 10.8 Å². The second kappa shape index (κ2) is 6.77. The number of halogens is 1. The normalized spacial score (nSPS) is 12.4. The van der Waals surface area contributed by atoms with Gasteiger partial charge in [-0.3, -0.25) is 4.79 Å². The number of nitriles is 1. The first-order chi connectivity index (χ1) is 13.5. The van der Waals surface area contributed by atoms with Crippen LogP contribution in [0.4, 0.5) is 0 Å². The number of hydrogen-bond donors (Lipinski definition) is 0. The van der Waals surface area contributed by atoms with Crippen molar-refractivity contribution in [1.29, 1.82) is 5.26 Å². The van der Waals surface area contributed by atoms with Gasteiger partial charge in [-0.15, -0.1) is 0 Å². The quantitative estimate of drug-likeness (QED) is 0.275. The van der Waals surface area contributed by atoms with E-state index in [0.717, 1.165) is 22.0 Å². The molecule has 28 heavy (non-hydrogen) atoms. The van der Waals surface area contributed by atoms with Crippen LogP contribution in [-0.2, 0) is 16.6 Å². The molecule has 0 atom stereocenters. The second-order valence-corrected chi connectivity index (χ2v) is 7.26. The Morgan fingerprint density at radius 1 is 1.21 bits per heavy atom. The Hall–Kier alpha value is -3.17. The van der Waals surface area contributed by atoms with Crippen molar-refractivity contribution >= 4 is 49.1 Å². The number of nitrogens with zero attached hydrogens (tertiary/aromatic N) is 2. The minimum Gasteiger partial charge on any atom is -0.462 e. The van der Waals surface area contributed by atoms with Crippen LogP contribution in [0.2, 0.25) is 0 Å². The number of pyridine rings is 1. The predicted octanol–water partition coefficient (Wildman–Crippen LogP) is 3.52. The van der Waals surface area contributed by atoms with E-state index < -0.39 is 5.97 Å². The van der Waals surface area contributed by atoms with Crippen molar-refractivity contribution in [2.75, 3.05) is 6.61 Å². The number of ether oxygens (including phenoxy) is 1. The zero-order chi connectivity index (χ0) is 20.0. The van der Waals surface area contributed by atoms with Crippen molar-refractivity contribution in [3.63, 3.8) is 0 Å². The summed E-state index contributed by atoms with van der Waals surface area (Å²) in [7, 11) is 1.77. The number of carbonyl (C=O) groups excluding carboxylic acids is 1. The maximum atomic E-state index is 13.1. The van der Waals surface area contributed by atoms with Crippen LogP contribution in [0.3, 0.4) is 0 Å². The van der Waals surface area contributed by atoms with Crippen LogP contribution in [0.15, 0.2) is 51.7 Å². The van der Waals surface area contributed by atoms with Gasteiger partial charge in [-0.05, 0) is 36.1 Å². The molecule has 2 aliphatic rings. The molecule has 0 aromatic heterocycles. The number of esters is 1. The van der Waals surface area contributed by atoms with Gasteiger partial charge in [0, 0.05) is 33.4 Å². The summed E-state index contributed by atoms with van der Waals surface area (Å²) in [6.07, 6.45) is 0. The SMILES string of the molecule is CCOC(=O)C(C#N)=c1cc2c3ccccc3c(=O)c3c(Br)ccc(c3-2)n1C. The highest BCUT2D eigenvalue weighted by molar-refractivity contribution is 9.10. The summed E-state index contributed by atoms with van der Waals surface area (Å²) in [5, 5.41) is 12.0. The van der Waals surface area contributed by atoms with E-state index in [-0.39, 0.29) is 17.6 Å². The number of hydrogen-bond acceptors (Lipinski definition) is 4. The molecule has 5 nitrogen and oxygen atoms in total. The van der Waals surface area contributed by atoms with Crippen molar-refractivity contribution in [2.45, 2.75) is 6.92 Å². The molecule has 0 saturated heterocycles. The molecule has 138 valence electrons. The summed E-state index contributed by atoms with van der Waals surface area (Å²) in [6, 6.07) is 14.8. The van der Waals surface area contributed by atoms with Crippen molar-refractivity contribution in [1.82, 2.24) is 4.57 Å². The molecule has 0 bridgehead atoms. The standard InChI is InChI=1S/C22H15BrN2O3/c1-3-28-22(27)15(11-24)18-10-14-12-6-4-5-7-13(12)21(26)20-16(23)8-9-17(19(14)20)25(18)2/h4-10H,3H2,1-2H3. The van der Waals surface area contributed by atoms with Crippen molar-refractivity contribution < 1.29 is 9.53 Å². The maximum absolute atomic E-state index is 13.1. The van der Waals surface area contributed by atoms with Crippen LogP contribution in [0.1, 0.15) is 6.92 Å². The van der Waals surface area contributed by atoms with Crippen LogP contribution in [0.5, 0.6) is 0 Å². The number of fused-ring (bicyclic) bond motifs is 2. The van der Waals surface area contributed by atoms with E-state index in [2.05, 4.69) is 15.9 Å². The van der Waals surface area contributed by atoms with Crippen molar-refractivity contribution in [3.05, 3.63) is 62.5 Å². The van der Waals surface area contributed by atoms with Gasteiger partial charge in [-0.2, -0.15) is 5.26 Å².